The van der Waals surface area contributed by atoms with Crippen LogP contribution in [0.4, 0.5) is 41.6 Å². The smallest absolute Gasteiger partial charge is 0.282 e. The van der Waals surface area contributed by atoms with Crippen LogP contribution in [0.5, 0.6) is 0 Å². The van der Waals surface area contributed by atoms with Crippen LogP contribution < -0.4 is 52.3 Å². The Morgan fingerprint density at radius 2 is 0.664 bits per heavy atom. The number of hydrogen-bond acceptors (Lipinski definition) is 22. The molecule has 0 aliphatic carbocycles. The Morgan fingerprint density at radius 3 is 1.00 bits per heavy atom. The first kappa shape index (κ1) is 93.4. The van der Waals surface area contributed by atoms with Crippen molar-refractivity contribution in [2.45, 2.75) is 38.8 Å². The number of aromatic nitrogens is 16. The normalized spacial score (nSPS) is 15.3. The number of nitrogens with zero attached hydrogens (tertiary/aromatic N) is 19. The maximum Gasteiger partial charge on any atom is 0.282 e. The molecule has 5 fully saturated rings. The van der Waals surface area contributed by atoms with E-state index in [1.807, 2.05) is 137 Å². The van der Waals surface area contributed by atoms with Gasteiger partial charge in [-0.1, -0.05) is 78.9 Å². The highest BCUT2D eigenvalue weighted by atomic mass is 19.1. The number of fused-ring (bicyclic) bond motifs is 15. The van der Waals surface area contributed by atoms with Gasteiger partial charge in [0, 0.05) is 193 Å². The summed E-state index contributed by atoms with van der Waals surface area (Å²) in [7, 11) is 5.93. The van der Waals surface area contributed by atoms with Gasteiger partial charge in [0.2, 0.25) is 0 Å². The lowest BCUT2D eigenvalue weighted by molar-refractivity contribution is 0.122. The number of benzene rings is 9. The quantitative estimate of drug-likeness (QED) is 0.0636. The zero-order chi connectivity index (χ0) is 98.0. The number of pyridine rings is 6. The fourth-order valence-electron chi connectivity index (χ4n) is 19.8. The van der Waals surface area contributed by atoms with Crippen molar-refractivity contribution in [3.05, 3.63) is 319 Å². The summed E-state index contributed by atoms with van der Waals surface area (Å²) >= 11 is 0. The number of H-pyrrole nitrogens is 5. The maximum atomic E-state index is 15.1. The molecule has 16 heterocycles. The van der Waals surface area contributed by atoms with Gasteiger partial charge in [-0.15, -0.1) is 0 Å². The molecule has 143 heavy (non-hydrogen) atoms. The van der Waals surface area contributed by atoms with Crippen molar-refractivity contribution in [3.63, 3.8) is 0 Å². The predicted molar refractivity (Wildman–Crippen MR) is 558 cm³/mol. The van der Waals surface area contributed by atoms with Gasteiger partial charge in [0.25, 0.3) is 27.8 Å². The van der Waals surface area contributed by atoms with Crippen LogP contribution in [-0.2, 0) is 14.2 Å². The van der Waals surface area contributed by atoms with Crippen molar-refractivity contribution in [1.29, 1.82) is 0 Å². The van der Waals surface area contributed by atoms with Crippen LogP contribution in [0, 0.1) is 17.5 Å². The maximum absolute atomic E-state index is 15.1. The number of piperazine rings is 2. The van der Waals surface area contributed by atoms with Crippen molar-refractivity contribution in [2.75, 3.05) is 177 Å². The fourth-order valence-corrected chi connectivity index (χ4v) is 19.8. The van der Waals surface area contributed by atoms with Crippen molar-refractivity contribution >= 4 is 137 Å². The van der Waals surface area contributed by atoms with E-state index in [-0.39, 0.29) is 45.2 Å². The molecule has 5 N–H and O–H groups in total. The van der Waals surface area contributed by atoms with Crippen LogP contribution in [0.3, 0.4) is 0 Å². The van der Waals surface area contributed by atoms with E-state index in [1.165, 1.54) is 44.1 Å². The van der Waals surface area contributed by atoms with Gasteiger partial charge in [0.15, 0.2) is 5.82 Å². The van der Waals surface area contributed by atoms with Gasteiger partial charge < -0.3 is 43.6 Å². The molecule has 0 unspecified atom stereocenters. The number of aromatic amines is 5. The van der Waals surface area contributed by atoms with Gasteiger partial charge in [-0.3, -0.25) is 84.2 Å². The summed E-state index contributed by atoms with van der Waals surface area (Å²) < 4.78 is 68.2. The number of piperidine rings is 1. The Bertz CT molecular complexity index is 8170. The van der Waals surface area contributed by atoms with E-state index in [9.17, 15) is 32.8 Å². The van der Waals surface area contributed by atoms with Crippen molar-refractivity contribution < 1.29 is 27.4 Å². The third-order valence-electron chi connectivity index (χ3n) is 27.7. The lowest BCUT2D eigenvalue weighted by Crippen LogP contribution is -2.48. The summed E-state index contributed by atoms with van der Waals surface area (Å²) in [5, 5.41) is 22.2. The molecule has 32 nitrogen and oxygen atoms in total. The number of rotatable bonds is 15. The van der Waals surface area contributed by atoms with Gasteiger partial charge in [-0.25, -0.2) is 41.6 Å². The second kappa shape index (κ2) is 40.7. The molecule has 0 spiro atoms. The van der Waals surface area contributed by atoms with Crippen LogP contribution in [0.1, 0.15) is 26.7 Å². The molecule has 728 valence electrons. The molecule has 0 saturated carbocycles. The van der Waals surface area contributed by atoms with E-state index >= 15 is 4.39 Å². The highest BCUT2D eigenvalue weighted by molar-refractivity contribution is 6.08. The number of ether oxygens (including phenoxy) is 3. The minimum atomic E-state index is -0.342. The standard InChI is InChI=1S/C23H24FN5O.C23H25N5O2.C23H25N5O.C20H17FN4O2.C19H16FN5O2/c1-27(2)15-8-10-28(11-9-15)21-13-20-17(12-19(21)24)22-18(14-25-20)23(30)29(26-22)16-6-4-3-5-7-16;1-30-14-13-26-9-11-27(12-10-26)18-7-8-21-19(15-18)22-20(16-24-21)23(29)28(25-22)17-5-3-2-4-6-17;1-16(2)26-10-12-27(13-11-26)18-8-9-21-19(14-18)22-20(15-24-21)23(29)28(25-22)17-6-4-3-5-7-17;21-16-10-14-17(11-18(16)24-6-8-27-9-7-24)22-12-15-19(14)23-25(20(15)26)13-4-2-1-3-5-13;20-14-9-12-15(10-16(14)24-5-7-27-8-6-24)22-11-13-18(12)23-25(19(13)26)17-3-1-2-4-21-17/h3-7,12-15,26H,8-11H2,1-2H3;2-8,15-16,25H,9-14H2,1H3;3-9,14-16,25H,10-13H2,1-2H3;1-5,10-12,23H,6-9H2;1-4,9-11,23H,5-8H2. The van der Waals surface area contributed by atoms with Gasteiger partial charge in [0.05, 0.1) is 155 Å². The van der Waals surface area contributed by atoms with Gasteiger partial charge >= 0.3 is 0 Å². The number of nitrogens with one attached hydrogen (secondary N) is 5. The highest BCUT2D eigenvalue weighted by Gasteiger charge is 2.29. The van der Waals surface area contributed by atoms with E-state index in [4.69, 9.17) is 14.2 Å². The molecule has 5 saturated heterocycles. The molecule has 25 rings (SSSR count). The molecular formula is C108H107F3N24O8. The molecule has 0 radical (unpaired) electrons. The first-order valence-electron chi connectivity index (χ1n) is 48.2. The van der Waals surface area contributed by atoms with Gasteiger partial charge in [0.1, 0.15) is 17.5 Å². The molecule has 11 aromatic heterocycles. The predicted octanol–water partition coefficient (Wildman–Crippen LogP) is 14.6. The number of hydrogen-bond donors (Lipinski definition) is 5. The zero-order valence-electron chi connectivity index (χ0n) is 79.8. The summed E-state index contributed by atoms with van der Waals surface area (Å²) in [5.74, 6) is -0.484. The number of morpholine rings is 2. The first-order chi connectivity index (χ1) is 69.8. The SMILES string of the molecule is CC(C)N1CCN(c2ccc3ncc4c(=O)n(-c5ccccc5)[nH]c4c3c2)CC1.CN(C)C1CCN(c2cc3ncc4c(=O)n(-c5ccccc5)[nH]c4c3cc2F)CC1.COCCN1CCN(c2ccc3ncc4c(=O)n(-c5ccccc5)[nH]c4c3c2)CC1.O=c1c2cnc3cc(N4CCOCC4)c(F)cc3c2[nH]n1-c1ccccc1.O=c1c2cnc3cc(N4CCOCC4)c(F)cc3c2[nH]n1-c1ccccn1. The van der Waals surface area contributed by atoms with E-state index in [2.05, 4.69) is 143 Å². The molecule has 35 heteroatoms. The largest absolute Gasteiger partial charge is 0.383 e. The molecular weight excluding hydrogens is 1820 g/mol. The summed E-state index contributed by atoms with van der Waals surface area (Å²) in [6.07, 6.45) is 11.6. The average Bonchev–Trinajstić information content (AvgIpc) is 1.64. The Kier molecular flexibility index (Phi) is 26.6. The zero-order valence-corrected chi connectivity index (χ0v) is 79.8. The lowest BCUT2D eigenvalue weighted by atomic mass is 10.0. The Balaban J connectivity index is 0.000000106. The van der Waals surface area contributed by atoms with Gasteiger partial charge in [-0.05, 0) is 174 Å². The van der Waals surface area contributed by atoms with E-state index in [0.29, 0.717) is 164 Å². The Hall–Kier alpha value is -15.9. The Morgan fingerprint density at radius 1 is 0.343 bits per heavy atom. The molecule has 0 atom stereocenters. The third-order valence-corrected chi connectivity index (χ3v) is 27.7. The van der Waals surface area contributed by atoms with Crippen LogP contribution in [-0.4, -0.2) is 258 Å². The summed E-state index contributed by atoms with van der Waals surface area (Å²) in [6, 6.07) is 66.6. The van der Waals surface area contributed by atoms with Crippen molar-refractivity contribution in [1.82, 2.24) is 93.5 Å². The van der Waals surface area contributed by atoms with Crippen LogP contribution >= 0.6 is 0 Å². The van der Waals surface area contributed by atoms with E-state index in [1.54, 1.807) is 83.9 Å². The summed E-state index contributed by atoms with van der Waals surface area (Å²) in [6.45, 7) is 20.9. The minimum absolute atomic E-state index is 0.0726. The topological polar surface area (TPSA) is 320 Å². The fraction of sp³-hybridized carbons (Fsp3) is 0.269. The second-order valence-corrected chi connectivity index (χ2v) is 36.7. The molecule has 0 amide bonds. The third kappa shape index (κ3) is 18.8. The molecule has 0 bridgehead atoms. The summed E-state index contributed by atoms with van der Waals surface area (Å²) in [5.41, 5.74) is 13.3. The molecule has 5 aliphatic heterocycles. The van der Waals surface area contributed by atoms with E-state index in [0.717, 1.165) is 153 Å². The Labute approximate surface area is 816 Å². The molecule has 9 aromatic carbocycles. The molecule has 5 aliphatic rings. The van der Waals surface area contributed by atoms with Crippen molar-refractivity contribution in [2.24, 2.45) is 0 Å². The number of para-hydroxylation sites is 4. The highest BCUT2D eigenvalue weighted by Crippen LogP contribution is 2.37. The van der Waals surface area contributed by atoms with Crippen LogP contribution in [0.15, 0.2) is 273 Å². The average molecular weight is 1930 g/mol. The first-order valence-corrected chi connectivity index (χ1v) is 48.2. The second-order valence-electron chi connectivity index (χ2n) is 36.7. The minimum Gasteiger partial charge on any atom is -0.383 e. The molecule has 20 aromatic rings. The lowest BCUT2D eigenvalue weighted by Gasteiger charge is -2.38. The van der Waals surface area contributed by atoms with Crippen LogP contribution in [0.2, 0.25) is 0 Å². The van der Waals surface area contributed by atoms with Crippen molar-refractivity contribution in [3.8, 4) is 28.6 Å². The van der Waals surface area contributed by atoms with Crippen LogP contribution in [0.25, 0.3) is 138 Å². The number of halogens is 3. The number of anilines is 5. The monoisotopic (exact) mass is 1920 g/mol. The van der Waals surface area contributed by atoms with Gasteiger partial charge in [-0.2, -0.15) is 0 Å². The number of methoxy groups -OCH3 is 1. The summed E-state index contributed by atoms with van der Waals surface area (Å²) in [4.78, 5) is 109. The van der Waals surface area contributed by atoms with E-state index < -0.39 is 0 Å².